The van der Waals surface area contributed by atoms with Gasteiger partial charge in [0.1, 0.15) is 0 Å². The Morgan fingerprint density at radius 1 is 0.241 bits per heavy atom. The summed E-state index contributed by atoms with van der Waals surface area (Å²) in [4.78, 5) is 0. The normalized spacial score (nSPS) is 20.7. The quantitative estimate of drug-likeness (QED) is 0.352. The molecule has 0 amide bonds. The third kappa shape index (κ3) is 32.2. The molecule has 5 aliphatic rings. The van der Waals surface area contributed by atoms with E-state index in [1.165, 1.54) is 64.2 Å². The van der Waals surface area contributed by atoms with E-state index in [-0.39, 0.29) is 70.9 Å². The summed E-state index contributed by atoms with van der Waals surface area (Å²) in [6.45, 7) is 10.0. The molecular formula is C20H40Cl2Mg2O5+2. The van der Waals surface area contributed by atoms with E-state index in [0.29, 0.717) is 0 Å². The summed E-state index contributed by atoms with van der Waals surface area (Å²) in [5, 5.41) is 0. The van der Waals surface area contributed by atoms with Crippen molar-refractivity contribution in [3.05, 3.63) is 0 Å². The Kier molecular flexibility index (Phi) is 45.5. The van der Waals surface area contributed by atoms with Crippen molar-refractivity contribution < 1.29 is 48.5 Å². The first-order valence-electron chi connectivity index (χ1n) is 10.4. The van der Waals surface area contributed by atoms with Crippen LogP contribution >= 0.6 is 0 Å². The van der Waals surface area contributed by atoms with Crippen LogP contribution in [-0.4, -0.2) is 112 Å². The monoisotopic (exact) mass is 478 g/mol. The van der Waals surface area contributed by atoms with E-state index >= 15 is 0 Å². The van der Waals surface area contributed by atoms with Crippen LogP contribution in [0, 0.1) is 0 Å². The summed E-state index contributed by atoms with van der Waals surface area (Å²) >= 11 is 0. The van der Waals surface area contributed by atoms with Crippen molar-refractivity contribution >= 4 is 46.1 Å². The SMILES string of the molecule is C1CCOC1.C1CCOC1.C1CCOC1.C1CCOC1.C1CCOC1.[Cl-].[Cl-].[Mg+2].[Mg+2]. The first kappa shape index (κ1) is 38.2. The maximum Gasteiger partial charge on any atom is 2.00 e. The molecule has 0 N–H and O–H groups in total. The van der Waals surface area contributed by atoms with Crippen LogP contribution in [0.5, 0.6) is 0 Å². The molecular weight excluding hydrogens is 440 g/mol. The fraction of sp³-hybridized carbons (Fsp3) is 1.00. The molecule has 0 unspecified atom stereocenters. The summed E-state index contributed by atoms with van der Waals surface area (Å²) in [6.07, 6.45) is 12.8. The molecule has 0 aromatic rings. The standard InChI is InChI=1S/5C4H8O.2ClH.2Mg/c5*1-2-4-5-3-1;;;;/h5*1-4H2;2*1H;;/q;;;;;;;2*+2/p-2. The van der Waals surface area contributed by atoms with Gasteiger partial charge < -0.3 is 48.5 Å². The zero-order valence-electron chi connectivity index (χ0n) is 18.4. The minimum atomic E-state index is 0. The van der Waals surface area contributed by atoms with Crippen molar-refractivity contribution in [3.8, 4) is 0 Å². The summed E-state index contributed by atoms with van der Waals surface area (Å²) < 4.78 is 24.7. The fourth-order valence-electron chi connectivity index (χ4n) is 2.55. The van der Waals surface area contributed by atoms with E-state index in [1.54, 1.807) is 0 Å². The molecule has 9 heteroatoms. The van der Waals surface area contributed by atoms with Gasteiger partial charge in [-0.3, -0.25) is 0 Å². The molecule has 0 spiro atoms. The zero-order chi connectivity index (χ0) is 17.7. The molecule has 0 saturated carbocycles. The van der Waals surface area contributed by atoms with Gasteiger partial charge in [0.15, 0.2) is 0 Å². The topological polar surface area (TPSA) is 46.2 Å². The van der Waals surface area contributed by atoms with Crippen LogP contribution in [0.3, 0.4) is 0 Å². The number of rotatable bonds is 0. The largest absolute Gasteiger partial charge is 2.00 e. The third-order valence-corrected chi connectivity index (χ3v) is 4.14. The molecule has 5 nitrogen and oxygen atoms in total. The predicted molar refractivity (Wildman–Crippen MR) is 112 cm³/mol. The minimum Gasteiger partial charge on any atom is -1.00 e. The molecule has 0 aromatic heterocycles. The number of ether oxygens (including phenoxy) is 5. The molecule has 0 atom stereocenters. The second-order valence-corrected chi connectivity index (χ2v) is 6.60. The molecule has 0 aromatic carbocycles. The van der Waals surface area contributed by atoms with Gasteiger partial charge in [-0.05, 0) is 64.2 Å². The molecule has 29 heavy (non-hydrogen) atoms. The van der Waals surface area contributed by atoms with Gasteiger partial charge >= 0.3 is 46.1 Å². The van der Waals surface area contributed by atoms with E-state index in [9.17, 15) is 0 Å². The number of hydrogen-bond donors (Lipinski definition) is 0. The number of hydrogen-bond acceptors (Lipinski definition) is 5. The Morgan fingerprint density at radius 3 is 0.379 bits per heavy atom. The van der Waals surface area contributed by atoms with Crippen molar-refractivity contribution in [2.24, 2.45) is 0 Å². The summed E-state index contributed by atoms with van der Waals surface area (Å²) in [5.74, 6) is 0. The second kappa shape index (κ2) is 34.5. The van der Waals surface area contributed by atoms with E-state index in [2.05, 4.69) is 0 Å². The van der Waals surface area contributed by atoms with Crippen LogP contribution in [-0.2, 0) is 23.7 Å². The molecule has 5 saturated heterocycles. The van der Waals surface area contributed by atoms with Crippen molar-refractivity contribution in [2.75, 3.05) is 66.1 Å². The smallest absolute Gasteiger partial charge is 1.00 e. The Labute approximate surface area is 223 Å². The van der Waals surface area contributed by atoms with Gasteiger partial charge in [-0.25, -0.2) is 0 Å². The van der Waals surface area contributed by atoms with Crippen molar-refractivity contribution in [2.45, 2.75) is 64.2 Å². The van der Waals surface area contributed by atoms with E-state index < -0.39 is 0 Å². The first-order chi connectivity index (χ1) is 12.5. The van der Waals surface area contributed by atoms with Crippen molar-refractivity contribution in [1.82, 2.24) is 0 Å². The van der Waals surface area contributed by atoms with Crippen molar-refractivity contribution in [3.63, 3.8) is 0 Å². The molecule has 5 aliphatic heterocycles. The molecule has 0 radical (unpaired) electrons. The molecule has 5 heterocycles. The fourth-order valence-corrected chi connectivity index (χ4v) is 2.55. The van der Waals surface area contributed by atoms with Gasteiger partial charge in [0, 0.05) is 66.1 Å². The molecule has 0 bridgehead atoms. The van der Waals surface area contributed by atoms with Crippen LogP contribution in [0.2, 0.25) is 0 Å². The Bertz CT molecular complexity index is 155. The average Bonchev–Trinajstić information content (AvgIpc) is 3.55. The number of halogens is 2. The van der Waals surface area contributed by atoms with Gasteiger partial charge in [-0.2, -0.15) is 0 Å². The van der Waals surface area contributed by atoms with E-state index in [4.69, 9.17) is 23.7 Å². The van der Waals surface area contributed by atoms with Crippen LogP contribution in [0.25, 0.3) is 0 Å². The third-order valence-electron chi connectivity index (χ3n) is 4.14. The van der Waals surface area contributed by atoms with E-state index in [0.717, 1.165) is 66.1 Å². The Hall–Kier alpha value is 1.91. The first-order valence-corrected chi connectivity index (χ1v) is 10.4. The second-order valence-electron chi connectivity index (χ2n) is 6.60. The van der Waals surface area contributed by atoms with E-state index in [1.807, 2.05) is 0 Å². The maximum absolute atomic E-state index is 4.94. The summed E-state index contributed by atoms with van der Waals surface area (Å²) in [7, 11) is 0. The van der Waals surface area contributed by atoms with Gasteiger partial charge in [0.2, 0.25) is 0 Å². The van der Waals surface area contributed by atoms with Crippen LogP contribution in [0.1, 0.15) is 64.2 Å². The molecule has 5 rings (SSSR count). The minimum absolute atomic E-state index is 0. The zero-order valence-corrected chi connectivity index (χ0v) is 22.7. The Morgan fingerprint density at radius 2 is 0.345 bits per heavy atom. The van der Waals surface area contributed by atoms with Crippen LogP contribution < -0.4 is 24.8 Å². The van der Waals surface area contributed by atoms with Gasteiger partial charge in [0.05, 0.1) is 0 Å². The molecule has 5 fully saturated rings. The maximum atomic E-state index is 4.94. The van der Waals surface area contributed by atoms with Crippen molar-refractivity contribution in [1.29, 1.82) is 0 Å². The predicted octanol–water partition coefficient (Wildman–Crippen LogP) is -2.77. The molecule has 166 valence electrons. The average molecular weight is 480 g/mol. The van der Waals surface area contributed by atoms with Gasteiger partial charge in [0.25, 0.3) is 0 Å². The van der Waals surface area contributed by atoms with Crippen LogP contribution in [0.4, 0.5) is 0 Å². The van der Waals surface area contributed by atoms with Crippen LogP contribution in [0.15, 0.2) is 0 Å². The van der Waals surface area contributed by atoms with Gasteiger partial charge in [-0.15, -0.1) is 0 Å². The molecule has 0 aliphatic carbocycles. The Balaban J connectivity index is -0.000000130. The summed E-state index contributed by atoms with van der Waals surface area (Å²) in [6, 6.07) is 0. The van der Waals surface area contributed by atoms with Gasteiger partial charge in [-0.1, -0.05) is 0 Å². The summed E-state index contributed by atoms with van der Waals surface area (Å²) in [5.41, 5.74) is 0.